The second-order valence-corrected chi connectivity index (χ2v) is 6.61. The molecule has 21 heavy (non-hydrogen) atoms. The maximum atomic E-state index is 5.55. The van der Waals surface area contributed by atoms with Crippen molar-refractivity contribution in [2.45, 2.75) is 39.8 Å². The minimum Gasteiger partial charge on any atom is -0.496 e. The van der Waals surface area contributed by atoms with Gasteiger partial charge in [0, 0.05) is 24.7 Å². The van der Waals surface area contributed by atoms with Crippen LogP contribution in [0.1, 0.15) is 44.4 Å². The average molecular weight is 290 g/mol. The summed E-state index contributed by atoms with van der Waals surface area (Å²) >= 11 is 0. The molecule has 2 unspecified atom stereocenters. The Balaban J connectivity index is 2.11. The quantitative estimate of drug-likeness (QED) is 0.868. The van der Waals surface area contributed by atoms with Crippen LogP contribution >= 0.6 is 0 Å². The van der Waals surface area contributed by atoms with Gasteiger partial charge in [0.25, 0.3) is 0 Å². The Hall–Kier alpha value is -1.06. The molecular formula is C18H30N2O. The van der Waals surface area contributed by atoms with E-state index in [1.54, 1.807) is 7.11 Å². The standard InChI is InChI=1S/C18H30N2O/c1-13(2)16-8-9-20(11-16)12-17-10-15(14(3)19-4)6-7-18(17)21-5/h6-7,10,13-14,16,19H,8-9,11-12H2,1-5H3. The van der Waals surface area contributed by atoms with Gasteiger partial charge < -0.3 is 10.1 Å². The summed E-state index contributed by atoms with van der Waals surface area (Å²) in [5, 5.41) is 3.31. The summed E-state index contributed by atoms with van der Waals surface area (Å²) in [4.78, 5) is 2.57. The summed E-state index contributed by atoms with van der Waals surface area (Å²) in [5.41, 5.74) is 2.63. The first-order valence-corrected chi connectivity index (χ1v) is 8.11. The molecule has 3 nitrogen and oxygen atoms in total. The Kier molecular flexibility index (Phi) is 5.65. The van der Waals surface area contributed by atoms with E-state index < -0.39 is 0 Å². The number of nitrogens with zero attached hydrogens (tertiary/aromatic N) is 1. The molecule has 0 aromatic heterocycles. The lowest BCUT2D eigenvalue weighted by molar-refractivity contribution is 0.291. The van der Waals surface area contributed by atoms with E-state index in [2.05, 4.69) is 49.2 Å². The van der Waals surface area contributed by atoms with E-state index >= 15 is 0 Å². The molecule has 0 radical (unpaired) electrons. The third-order valence-corrected chi connectivity index (χ3v) is 4.88. The third kappa shape index (κ3) is 3.98. The molecule has 1 fully saturated rings. The number of ether oxygens (including phenoxy) is 1. The highest BCUT2D eigenvalue weighted by molar-refractivity contribution is 5.38. The van der Waals surface area contributed by atoms with Crippen molar-refractivity contribution in [1.82, 2.24) is 10.2 Å². The largest absolute Gasteiger partial charge is 0.496 e. The van der Waals surface area contributed by atoms with Crippen LogP contribution in [0.2, 0.25) is 0 Å². The first kappa shape index (κ1) is 16.3. The summed E-state index contributed by atoms with van der Waals surface area (Å²) < 4.78 is 5.55. The fourth-order valence-electron chi connectivity index (χ4n) is 3.15. The second kappa shape index (κ2) is 7.28. The monoisotopic (exact) mass is 290 g/mol. The summed E-state index contributed by atoms with van der Waals surface area (Å²) in [6.45, 7) is 10.3. The van der Waals surface area contributed by atoms with Gasteiger partial charge in [-0.15, -0.1) is 0 Å². The molecule has 1 aliphatic heterocycles. The number of hydrogen-bond donors (Lipinski definition) is 1. The summed E-state index contributed by atoms with van der Waals surface area (Å²) in [6, 6.07) is 6.93. The van der Waals surface area contributed by atoms with Crippen molar-refractivity contribution >= 4 is 0 Å². The lowest BCUT2D eigenvalue weighted by Gasteiger charge is -2.21. The molecule has 1 saturated heterocycles. The van der Waals surface area contributed by atoms with E-state index in [-0.39, 0.29) is 0 Å². The first-order chi connectivity index (χ1) is 10.0. The van der Waals surface area contributed by atoms with Crippen LogP contribution in [0.15, 0.2) is 18.2 Å². The molecule has 2 atom stereocenters. The van der Waals surface area contributed by atoms with Crippen LogP contribution in [0.4, 0.5) is 0 Å². The molecule has 1 aliphatic rings. The maximum absolute atomic E-state index is 5.55. The van der Waals surface area contributed by atoms with E-state index in [0.29, 0.717) is 6.04 Å². The summed E-state index contributed by atoms with van der Waals surface area (Å²) in [6.07, 6.45) is 1.33. The first-order valence-electron chi connectivity index (χ1n) is 8.11. The van der Waals surface area contributed by atoms with E-state index in [0.717, 1.165) is 24.1 Å². The molecule has 0 saturated carbocycles. The van der Waals surface area contributed by atoms with Gasteiger partial charge in [-0.3, -0.25) is 4.90 Å². The third-order valence-electron chi connectivity index (χ3n) is 4.88. The van der Waals surface area contributed by atoms with Crippen LogP contribution in [0.5, 0.6) is 5.75 Å². The normalized spacial score (nSPS) is 21.0. The van der Waals surface area contributed by atoms with E-state index in [1.807, 2.05) is 7.05 Å². The zero-order valence-corrected chi connectivity index (χ0v) is 14.1. The van der Waals surface area contributed by atoms with Crippen molar-refractivity contribution in [3.05, 3.63) is 29.3 Å². The van der Waals surface area contributed by atoms with Crippen molar-refractivity contribution in [3.8, 4) is 5.75 Å². The Morgan fingerprint density at radius 2 is 2.10 bits per heavy atom. The molecule has 3 heteroatoms. The zero-order valence-electron chi connectivity index (χ0n) is 14.1. The van der Waals surface area contributed by atoms with Gasteiger partial charge >= 0.3 is 0 Å². The molecule has 1 heterocycles. The SMILES string of the molecule is CNC(C)c1ccc(OC)c(CN2CCC(C(C)C)C2)c1. The van der Waals surface area contributed by atoms with Crippen LogP contribution in [0.25, 0.3) is 0 Å². The number of hydrogen-bond acceptors (Lipinski definition) is 3. The van der Waals surface area contributed by atoms with E-state index in [1.165, 1.54) is 30.6 Å². The summed E-state index contributed by atoms with van der Waals surface area (Å²) in [7, 11) is 3.77. The molecule has 0 bridgehead atoms. The summed E-state index contributed by atoms with van der Waals surface area (Å²) in [5.74, 6) is 2.64. The molecule has 0 spiro atoms. The fraction of sp³-hybridized carbons (Fsp3) is 0.667. The Labute approximate surface area is 129 Å². The molecule has 118 valence electrons. The lowest BCUT2D eigenvalue weighted by Crippen LogP contribution is -2.22. The van der Waals surface area contributed by atoms with E-state index in [9.17, 15) is 0 Å². The number of benzene rings is 1. The van der Waals surface area contributed by atoms with Crippen molar-refractivity contribution in [3.63, 3.8) is 0 Å². The Morgan fingerprint density at radius 1 is 1.33 bits per heavy atom. The van der Waals surface area contributed by atoms with Crippen molar-refractivity contribution in [2.75, 3.05) is 27.2 Å². The van der Waals surface area contributed by atoms with Crippen LogP contribution < -0.4 is 10.1 Å². The molecular weight excluding hydrogens is 260 g/mol. The van der Waals surface area contributed by atoms with Gasteiger partial charge in [-0.25, -0.2) is 0 Å². The number of methoxy groups -OCH3 is 1. The highest BCUT2D eigenvalue weighted by Crippen LogP contribution is 2.29. The second-order valence-electron chi connectivity index (χ2n) is 6.61. The fourth-order valence-corrected chi connectivity index (χ4v) is 3.15. The predicted molar refractivity (Wildman–Crippen MR) is 88.7 cm³/mol. The molecule has 1 N–H and O–H groups in total. The van der Waals surface area contributed by atoms with Crippen LogP contribution in [0, 0.1) is 11.8 Å². The van der Waals surface area contributed by atoms with Gasteiger partial charge in [-0.05, 0) is 56.5 Å². The molecule has 1 aromatic rings. The number of nitrogens with one attached hydrogen (secondary N) is 1. The molecule has 0 aliphatic carbocycles. The topological polar surface area (TPSA) is 24.5 Å². The van der Waals surface area contributed by atoms with Gasteiger partial charge in [-0.2, -0.15) is 0 Å². The van der Waals surface area contributed by atoms with Crippen LogP contribution in [0.3, 0.4) is 0 Å². The van der Waals surface area contributed by atoms with Gasteiger partial charge in [0.15, 0.2) is 0 Å². The Morgan fingerprint density at radius 3 is 2.67 bits per heavy atom. The van der Waals surface area contributed by atoms with Gasteiger partial charge in [-0.1, -0.05) is 19.9 Å². The smallest absolute Gasteiger partial charge is 0.123 e. The van der Waals surface area contributed by atoms with Crippen LogP contribution in [-0.2, 0) is 6.54 Å². The lowest BCUT2D eigenvalue weighted by atomic mass is 9.95. The van der Waals surface area contributed by atoms with E-state index in [4.69, 9.17) is 4.74 Å². The highest BCUT2D eigenvalue weighted by Gasteiger charge is 2.25. The average Bonchev–Trinajstić information content (AvgIpc) is 2.95. The van der Waals surface area contributed by atoms with Crippen molar-refractivity contribution in [2.24, 2.45) is 11.8 Å². The maximum Gasteiger partial charge on any atom is 0.123 e. The van der Waals surface area contributed by atoms with Crippen LogP contribution in [-0.4, -0.2) is 32.1 Å². The molecule has 2 rings (SSSR count). The van der Waals surface area contributed by atoms with Gasteiger partial charge in [0.05, 0.1) is 7.11 Å². The minimum absolute atomic E-state index is 0.372. The number of rotatable bonds is 6. The highest BCUT2D eigenvalue weighted by atomic mass is 16.5. The molecule has 0 amide bonds. The van der Waals surface area contributed by atoms with Gasteiger partial charge in [0.2, 0.25) is 0 Å². The predicted octanol–water partition coefficient (Wildman–Crippen LogP) is 3.45. The molecule has 1 aromatic carbocycles. The number of likely N-dealkylation sites (tertiary alicyclic amines) is 1. The van der Waals surface area contributed by atoms with Crippen molar-refractivity contribution in [1.29, 1.82) is 0 Å². The Bertz CT molecular complexity index is 459. The zero-order chi connectivity index (χ0) is 15.4. The van der Waals surface area contributed by atoms with Gasteiger partial charge in [0.1, 0.15) is 5.75 Å². The minimum atomic E-state index is 0.372. The van der Waals surface area contributed by atoms with Crippen molar-refractivity contribution < 1.29 is 4.74 Å².